The first-order valence-electron chi connectivity index (χ1n) is 19.2. The Balaban J connectivity index is 1.09. The fraction of sp³-hybridized carbons (Fsp3) is 0.200. The Hall–Kier alpha value is -5.60. The number of nitrogens with zero attached hydrogens (tertiary/aromatic N) is 1. The van der Waals surface area contributed by atoms with Crippen molar-refractivity contribution in [2.24, 2.45) is 17.8 Å². The van der Waals surface area contributed by atoms with Gasteiger partial charge in [-0.2, -0.15) is 0 Å². The van der Waals surface area contributed by atoms with E-state index in [0.717, 1.165) is 51.1 Å². The fourth-order valence-corrected chi connectivity index (χ4v) is 11.1. The van der Waals surface area contributed by atoms with Crippen LogP contribution in [0, 0.1) is 17.8 Å². The van der Waals surface area contributed by atoms with Crippen molar-refractivity contribution in [1.82, 2.24) is 0 Å². The molecule has 4 saturated carbocycles. The van der Waals surface area contributed by atoms with Crippen LogP contribution in [0.3, 0.4) is 0 Å². The zero-order valence-electron chi connectivity index (χ0n) is 29.3. The lowest BCUT2D eigenvalue weighted by atomic mass is 9.48. The van der Waals surface area contributed by atoms with Crippen LogP contribution in [-0.2, 0) is 5.41 Å². The van der Waals surface area contributed by atoms with E-state index < -0.39 is 0 Å². The van der Waals surface area contributed by atoms with Gasteiger partial charge in [0, 0.05) is 16.8 Å². The summed E-state index contributed by atoms with van der Waals surface area (Å²) in [7, 11) is 0. The molecule has 0 unspecified atom stereocenters. The average Bonchev–Trinajstić information content (AvgIpc) is 3.57. The summed E-state index contributed by atoms with van der Waals surface area (Å²) in [5, 5.41) is 4.81. The summed E-state index contributed by atoms with van der Waals surface area (Å²) in [6.07, 6.45) is 8.52. The number of hydrogen-bond donors (Lipinski definition) is 0. The van der Waals surface area contributed by atoms with Crippen molar-refractivity contribution in [2.75, 3.05) is 4.90 Å². The monoisotopic (exact) mass is 671 g/mol. The molecule has 2 nitrogen and oxygen atoms in total. The van der Waals surface area contributed by atoms with Gasteiger partial charge in [-0.3, -0.25) is 0 Å². The zero-order chi connectivity index (χ0) is 34.2. The summed E-state index contributed by atoms with van der Waals surface area (Å²) >= 11 is 0. The molecular formula is C50H41NO. The smallest absolute Gasteiger partial charge is 0.137 e. The molecule has 4 bridgehead atoms. The highest BCUT2D eigenvalue weighted by Crippen LogP contribution is 2.61. The fourth-order valence-electron chi connectivity index (χ4n) is 11.1. The Morgan fingerprint density at radius 1 is 0.481 bits per heavy atom. The summed E-state index contributed by atoms with van der Waals surface area (Å²) < 4.78 is 6.44. The summed E-state index contributed by atoms with van der Waals surface area (Å²) in [6, 6.07) is 58.0. The van der Waals surface area contributed by atoms with Crippen LogP contribution in [0.5, 0.6) is 0 Å². The summed E-state index contributed by atoms with van der Waals surface area (Å²) in [6.45, 7) is 0. The molecule has 0 aliphatic heterocycles. The third-order valence-corrected chi connectivity index (χ3v) is 12.8. The van der Waals surface area contributed by atoms with E-state index in [4.69, 9.17) is 4.42 Å². The highest BCUT2D eigenvalue weighted by atomic mass is 16.3. The standard InChI is InChI=1S/C50H41NO/c1-2-10-36(11-3-1)42-17-7-12-37-13-8-18-43(48(37)42)38-14-6-15-41(29-38)51(45-19-9-21-47-49(45)44-16-4-5-20-46(44)52-47)40-24-22-39(23-25-40)50-30-33-26-34(31-50)28-35(27-33)32-50/h1-25,29,33-35H,26-28,30-32H2. The lowest BCUT2D eigenvalue weighted by Gasteiger charge is -2.57. The van der Waals surface area contributed by atoms with E-state index in [2.05, 4.69) is 163 Å². The Kier molecular flexibility index (Phi) is 6.77. The molecule has 4 aliphatic carbocycles. The highest BCUT2D eigenvalue weighted by Gasteiger charge is 2.51. The van der Waals surface area contributed by atoms with Crippen LogP contribution in [-0.4, -0.2) is 0 Å². The Morgan fingerprint density at radius 3 is 1.85 bits per heavy atom. The van der Waals surface area contributed by atoms with Gasteiger partial charge in [-0.25, -0.2) is 0 Å². The van der Waals surface area contributed by atoms with Crippen molar-refractivity contribution < 1.29 is 4.42 Å². The first-order chi connectivity index (χ1) is 25.7. The van der Waals surface area contributed by atoms with Crippen molar-refractivity contribution >= 4 is 49.8 Å². The van der Waals surface area contributed by atoms with E-state index in [0.29, 0.717) is 5.41 Å². The predicted octanol–water partition coefficient (Wildman–Crippen LogP) is 14.0. The molecular weight excluding hydrogens is 631 g/mol. The minimum Gasteiger partial charge on any atom is -0.456 e. The van der Waals surface area contributed by atoms with Gasteiger partial charge in [0.1, 0.15) is 11.2 Å². The molecule has 4 fully saturated rings. The van der Waals surface area contributed by atoms with E-state index >= 15 is 0 Å². The molecule has 2 heteroatoms. The largest absolute Gasteiger partial charge is 0.456 e. The number of rotatable bonds is 6. The number of hydrogen-bond acceptors (Lipinski definition) is 2. The summed E-state index contributed by atoms with van der Waals surface area (Å²) in [4.78, 5) is 2.46. The van der Waals surface area contributed by atoms with Gasteiger partial charge in [0.25, 0.3) is 0 Å². The molecule has 0 radical (unpaired) electrons. The van der Waals surface area contributed by atoms with Gasteiger partial charge in [-0.1, -0.05) is 115 Å². The number of anilines is 3. The maximum Gasteiger partial charge on any atom is 0.137 e. The number of para-hydroxylation sites is 1. The summed E-state index contributed by atoms with van der Waals surface area (Å²) in [5.74, 6) is 2.77. The number of fused-ring (bicyclic) bond motifs is 4. The topological polar surface area (TPSA) is 16.4 Å². The van der Waals surface area contributed by atoms with E-state index in [9.17, 15) is 0 Å². The predicted molar refractivity (Wildman–Crippen MR) is 217 cm³/mol. The van der Waals surface area contributed by atoms with E-state index in [1.54, 1.807) is 5.56 Å². The lowest BCUT2D eigenvalue weighted by Crippen LogP contribution is -2.48. The minimum absolute atomic E-state index is 0.365. The minimum atomic E-state index is 0.365. The van der Waals surface area contributed by atoms with Crippen LogP contribution in [0.4, 0.5) is 17.1 Å². The quantitative estimate of drug-likeness (QED) is 0.175. The van der Waals surface area contributed by atoms with Crippen LogP contribution in [0.25, 0.3) is 55.0 Å². The molecule has 0 atom stereocenters. The van der Waals surface area contributed by atoms with Crippen LogP contribution in [0.1, 0.15) is 44.1 Å². The van der Waals surface area contributed by atoms with Crippen molar-refractivity contribution in [3.05, 3.63) is 163 Å². The lowest BCUT2D eigenvalue weighted by molar-refractivity contribution is -0.00518. The summed E-state index contributed by atoms with van der Waals surface area (Å²) in [5.41, 5.74) is 12.1. The Labute approximate surface area is 305 Å². The molecule has 0 saturated heterocycles. The van der Waals surface area contributed by atoms with Crippen LogP contribution < -0.4 is 4.90 Å². The normalized spacial score (nSPS) is 22.0. The molecule has 0 N–H and O–H groups in total. The molecule has 12 rings (SSSR count). The second-order valence-corrected chi connectivity index (χ2v) is 16.0. The maximum atomic E-state index is 6.44. The van der Waals surface area contributed by atoms with Crippen molar-refractivity contribution in [1.29, 1.82) is 0 Å². The van der Waals surface area contributed by atoms with Crippen LogP contribution in [0.2, 0.25) is 0 Å². The van der Waals surface area contributed by atoms with E-state index in [1.165, 1.54) is 77.2 Å². The molecule has 7 aromatic carbocycles. The second kappa shape index (κ2) is 11.7. The molecule has 1 heterocycles. The molecule has 8 aromatic rings. The Bertz CT molecular complexity index is 2570. The van der Waals surface area contributed by atoms with Crippen molar-refractivity contribution in [3.8, 4) is 22.3 Å². The average molecular weight is 672 g/mol. The van der Waals surface area contributed by atoms with Crippen LogP contribution in [0.15, 0.2) is 162 Å². The van der Waals surface area contributed by atoms with Gasteiger partial charge < -0.3 is 9.32 Å². The maximum absolute atomic E-state index is 6.44. The Morgan fingerprint density at radius 2 is 1.10 bits per heavy atom. The van der Waals surface area contributed by atoms with Gasteiger partial charge in [0.15, 0.2) is 0 Å². The van der Waals surface area contributed by atoms with Crippen LogP contribution >= 0.6 is 0 Å². The van der Waals surface area contributed by atoms with Crippen molar-refractivity contribution in [3.63, 3.8) is 0 Å². The molecule has 4 aliphatic rings. The third kappa shape index (κ3) is 4.77. The highest BCUT2D eigenvalue weighted by molar-refractivity contribution is 6.13. The zero-order valence-corrected chi connectivity index (χ0v) is 29.3. The molecule has 0 amide bonds. The van der Waals surface area contributed by atoms with Crippen molar-refractivity contribution in [2.45, 2.75) is 43.9 Å². The van der Waals surface area contributed by atoms with Gasteiger partial charge >= 0.3 is 0 Å². The molecule has 0 spiro atoms. The molecule has 252 valence electrons. The molecule has 52 heavy (non-hydrogen) atoms. The van der Waals surface area contributed by atoms with Gasteiger partial charge in [0.2, 0.25) is 0 Å². The molecule has 1 aromatic heterocycles. The number of benzene rings is 7. The second-order valence-electron chi connectivity index (χ2n) is 16.0. The first-order valence-corrected chi connectivity index (χ1v) is 19.2. The number of furan rings is 1. The van der Waals surface area contributed by atoms with Gasteiger partial charge in [-0.15, -0.1) is 0 Å². The van der Waals surface area contributed by atoms with E-state index in [1.807, 2.05) is 0 Å². The third-order valence-electron chi connectivity index (χ3n) is 12.8. The van der Waals surface area contributed by atoms with Gasteiger partial charge in [-0.05, 0) is 143 Å². The SMILES string of the molecule is c1ccc(-c2cccc3cccc(-c4cccc(N(c5ccc(C67CC8CC(CC(C8)C6)C7)cc5)c5cccc6oc7ccccc7c56)c4)c23)cc1. The van der Waals surface area contributed by atoms with Gasteiger partial charge in [0.05, 0.1) is 11.1 Å². The van der Waals surface area contributed by atoms with E-state index in [-0.39, 0.29) is 0 Å². The first kappa shape index (κ1) is 30.1.